The van der Waals surface area contributed by atoms with Crippen LogP contribution in [0.15, 0.2) is 18.2 Å². The molecule has 0 radical (unpaired) electrons. The van der Waals surface area contributed by atoms with Gasteiger partial charge in [-0.05, 0) is 37.8 Å². The molecule has 4 heteroatoms. The van der Waals surface area contributed by atoms with Gasteiger partial charge in [0.25, 0.3) is 0 Å². The quantitative estimate of drug-likeness (QED) is 0.728. The third kappa shape index (κ3) is 2.37. The first kappa shape index (κ1) is 12.2. The maximum absolute atomic E-state index is 9.98. The van der Waals surface area contributed by atoms with Crippen LogP contribution in [0.25, 0.3) is 0 Å². The first-order valence-corrected chi connectivity index (χ1v) is 5.89. The van der Waals surface area contributed by atoms with Crippen molar-refractivity contribution in [1.82, 2.24) is 0 Å². The molecule has 4 nitrogen and oxygen atoms in total. The molecule has 2 rings (SSSR count). The van der Waals surface area contributed by atoms with Crippen molar-refractivity contribution >= 4 is 0 Å². The van der Waals surface area contributed by atoms with Crippen LogP contribution in [0.2, 0.25) is 0 Å². The smallest absolute Gasteiger partial charge is 0.124 e. The predicted molar refractivity (Wildman–Crippen MR) is 65.0 cm³/mol. The number of aromatic hydroxyl groups is 1. The summed E-state index contributed by atoms with van der Waals surface area (Å²) < 4.78 is 5.05. The molecule has 1 saturated carbocycles. The minimum atomic E-state index is -0.532. The predicted octanol–water partition coefficient (Wildman–Crippen LogP) is 1.49. The molecule has 1 aliphatic carbocycles. The van der Waals surface area contributed by atoms with Gasteiger partial charge in [-0.3, -0.25) is 0 Å². The fourth-order valence-electron chi connectivity index (χ4n) is 2.45. The Morgan fingerprint density at radius 2 is 2.00 bits per heavy atom. The number of rotatable bonds is 2. The summed E-state index contributed by atoms with van der Waals surface area (Å²) in [6, 6.07) is 5.19. The summed E-state index contributed by atoms with van der Waals surface area (Å²) in [5, 5.41) is 19.5. The number of nitrogens with two attached hydrogens (primary N) is 1. The van der Waals surface area contributed by atoms with E-state index in [1.807, 2.05) is 6.07 Å². The average molecular weight is 237 g/mol. The molecule has 94 valence electrons. The number of phenolic OH excluding ortho intramolecular Hbond substituents is 1. The molecule has 1 aromatic carbocycles. The molecule has 1 aromatic rings. The fraction of sp³-hybridized carbons (Fsp3) is 0.538. The van der Waals surface area contributed by atoms with E-state index in [9.17, 15) is 10.2 Å². The average Bonchev–Trinajstić information content (AvgIpc) is 2.33. The Morgan fingerprint density at radius 3 is 2.53 bits per heavy atom. The molecule has 4 N–H and O–H groups in total. The van der Waals surface area contributed by atoms with Crippen LogP contribution >= 0.6 is 0 Å². The maximum Gasteiger partial charge on any atom is 0.124 e. The van der Waals surface area contributed by atoms with Gasteiger partial charge in [-0.15, -0.1) is 0 Å². The van der Waals surface area contributed by atoms with E-state index in [2.05, 4.69) is 0 Å². The highest BCUT2D eigenvalue weighted by Crippen LogP contribution is 2.40. The van der Waals surface area contributed by atoms with Gasteiger partial charge in [-0.25, -0.2) is 0 Å². The molecule has 17 heavy (non-hydrogen) atoms. The highest BCUT2D eigenvalue weighted by molar-refractivity contribution is 5.43. The van der Waals surface area contributed by atoms with Crippen molar-refractivity contribution in [3.63, 3.8) is 0 Å². The van der Waals surface area contributed by atoms with Crippen molar-refractivity contribution in [3.05, 3.63) is 23.8 Å². The van der Waals surface area contributed by atoms with Gasteiger partial charge in [0.15, 0.2) is 0 Å². The summed E-state index contributed by atoms with van der Waals surface area (Å²) in [4.78, 5) is 0. The van der Waals surface area contributed by atoms with E-state index in [4.69, 9.17) is 10.5 Å². The van der Waals surface area contributed by atoms with Gasteiger partial charge in [-0.2, -0.15) is 0 Å². The number of aliphatic hydroxyl groups excluding tert-OH is 1. The van der Waals surface area contributed by atoms with E-state index in [0.29, 0.717) is 31.4 Å². The molecule has 0 atom stereocenters. The SMILES string of the molecule is COc1ccc(C2(N)CCC(O)CC2)c(O)c1. The number of phenols is 1. The van der Waals surface area contributed by atoms with Crippen molar-refractivity contribution in [2.75, 3.05) is 7.11 Å². The zero-order valence-corrected chi connectivity index (χ0v) is 10.0. The second kappa shape index (κ2) is 4.55. The molecule has 1 fully saturated rings. The van der Waals surface area contributed by atoms with Gasteiger partial charge in [0, 0.05) is 17.2 Å². The van der Waals surface area contributed by atoms with E-state index < -0.39 is 5.54 Å². The number of ether oxygens (including phenoxy) is 1. The molecular formula is C13H19NO3. The Balaban J connectivity index is 2.27. The third-order valence-electron chi connectivity index (χ3n) is 3.59. The van der Waals surface area contributed by atoms with Crippen molar-refractivity contribution in [1.29, 1.82) is 0 Å². The fourth-order valence-corrected chi connectivity index (χ4v) is 2.45. The van der Waals surface area contributed by atoms with E-state index in [1.165, 1.54) is 0 Å². The Hall–Kier alpha value is -1.26. The Labute approximate surface area is 101 Å². The van der Waals surface area contributed by atoms with Gasteiger partial charge in [-0.1, -0.05) is 0 Å². The first-order valence-electron chi connectivity index (χ1n) is 5.89. The van der Waals surface area contributed by atoms with Crippen LogP contribution < -0.4 is 10.5 Å². The van der Waals surface area contributed by atoms with Crippen LogP contribution in [0, 0.1) is 0 Å². The molecule has 0 aromatic heterocycles. The Bertz CT molecular complexity index is 398. The maximum atomic E-state index is 9.98. The second-order valence-corrected chi connectivity index (χ2v) is 4.77. The molecule has 0 amide bonds. The topological polar surface area (TPSA) is 75.7 Å². The number of hydrogen-bond donors (Lipinski definition) is 3. The number of aliphatic hydroxyl groups is 1. The molecule has 1 aliphatic rings. The second-order valence-electron chi connectivity index (χ2n) is 4.77. The Morgan fingerprint density at radius 1 is 1.35 bits per heavy atom. The van der Waals surface area contributed by atoms with Gasteiger partial charge in [0.1, 0.15) is 11.5 Å². The van der Waals surface area contributed by atoms with E-state index in [-0.39, 0.29) is 11.9 Å². The minimum absolute atomic E-state index is 0.170. The first-order chi connectivity index (χ1) is 8.05. The zero-order valence-electron chi connectivity index (χ0n) is 10.0. The lowest BCUT2D eigenvalue weighted by Gasteiger charge is -2.36. The van der Waals surface area contributed by atoms with Crippen LogP contribution in [0.4, 0.5) is 0 Å². The van der Waals surface area contributed by atoms with Gasteiger partial charge < -0.3 is 20.7 Å². The molecule has 0 spiro atoms. The normalized spacial score (nSPS) is 29.0. The highest BCUT2D eigenvalue weighted by Gasteiger charge is 2.34. The summed E-state index contributed by atoms with van der Waals surface area (Å²) in [7, 11) is 1.56. The van der Waals surface area contributed by atoms with E-state index in [0.717, 1.165) is 5.56 Å². The number of methoxy groups -OCH3 is 1. The van der Waals surface area contributed by atoms with Crippen LogP contribution in [0.3, 0.4) is 0 Å². The highest BCUT2D eigenvalue weighted by atomic mass is 16.5. The molecule has 0 aliphatic heterocycles. The molecule has 0 heterocycles. The largest absolute Gasteiger partial charge is 0.507 e. The van der Waals surface area contributed by atoms with E-state index in [1.54, 1.807) is 19.2 Å². The van der Waals surface area contributed by atoms with Crippen molar-refractivity contribution in [2.24, 2.45) is 5.73 Å². The lowest BCUT2D eigenvalue weighted by molar-refractivity contribution is 0.0960. The lowest BCUT2D eigenvalue weighted by Crippen LogP contribution is -2.41. The molecule has 0 bridgehead atoms. The third-order valence-corrected chi connectivity index (χ3v) is 3.59. The summed E-state index contributed by atoms with van der Waals surface area (Å²) in [6.45, 7) is 0. The standard InChI is InChI=1S/C13H19NO3/c1-17-10-2-3-11(12(16)8-10)13(14)6-4-9(15)5-7-13/h2-3,8-9,15-16H,4-7,14H2,1H3. The summed E-state index contributed by atoms with van der Waals surface area (Å²) in [5.74, 6) is 0.786. The van der Waals surface area contributed by atoms with Crippen LogP contribution in [0.5, 0.6) is 11.5 Å². The minimum Gasteiger partial charge on any atom is -0.507 e. The van der Waals surface area contributed by atoms with Crippen molar-refractivity contribution < 1.29 is 14.9 Å². The summed E-state index contributed by atoms with van der Waals surface area (Å²) in [6.07, 6.45) is 2.48. The zero-order chi connectivity index (χ0) is 12.5. The number of hydrogen-bond acceptors (Lipinski definition) is 4. The molecule has 0 saturated heterocycles. The van der Waals surface area contributed by atoms with Crippen LogP contribution in [0.1, 0.15) is 31.2 Å². The van der Waals surface area contributed by atoms with Crippen molar-refractivity contribution in [3.8, 4) is 11.5 Å². The van der Waals surface area contributed by atoms with Crippen LogP contribution in [-0.2, 0) is 5.54 Å². The van der Waals surface area contributed by atoms with Gasteiger partial charge in [0.05, 0.1) is 13.2 Å². The Kier molecular flexibility index (Phi) is 3.26. The summed E-state index contributed by atoms with van der Waals surface area (Å²) in [5.41, 5.74) is 6.53. The molecule has 0 unspecified atom stereocenters. The van der Waals surface area contributed by atoms with Crippen molar-refractivity contribution in [2.45, 2.75) is 37.3 Å². The molecular weight excluding hydrogens is 218 g/mol. The summed E-state index contributed by atoms with van der Waals surface area (Å²) >= 11 is 0. The van der Waals surface area contributed by atoms with Gasteiger partial charge >= 0.3 is 0 Å². The monoisotopic (exact) mass is 237 g/mol. The number of benzene rings is 1. The lowest BCUT2D eigenvalue weighted by atomic mass is 9.76. The van der Waals surface area contributed by atoms with Crippen LogP contribution in [-0.4, -0.2) is 23.4 Å². The van der Waals surface area contributed by atoms with E-state index >= 15 is 0 Å². The van der Waals surface area contributed by atoms with Gasteiger partial charge in [0.2, 0.25) is 0 Å².